The van der Waals surface area contributed by atoms with Crippen molar-refractivity contribution in [2.24, 2.45) is 10.9 Å². The van der Waals surface area contributed by atoms with Gasteiger partial charge in [0.2, 0.25) is 0 Å². The van der Waals surface area contributed by atoms with Crippen molar-refractivity contribution in [1.29, 1.82) is 0 Å². The fraction of sp³-hybridized carbons (Fsp3) is 0.233. The van der Waals surface area contributed by atoms with E-state index in [0.29, 0.717) is 48.8 Å². The van der Waals surface area contributed by atoms with Gasteiger partial charge >= 0.3 is 5.97 Å². The summed E-state index contributed by atoms with van der Waals surface area (Å²) < 4.78 is 20.0. The maximum absolute atomic E-state index is 15.0. The summed E-state index contributed by atoms with van der Waals surface area (Å²) in [4.78, 5) is 48.1. The molecule has 2 amide bonds. The van der Waals surface area contributed by atoms with E-state index in [-0.39, 0.29) is 34.5 Å². The second kappa shape index (κ2) is 13.5. The second-order valence-corrected chi connectivity index (χ2v) is 9.58. The van der Waals surface area contributed by atoms with E-state index in [1.54, 1.807) is 25.4 Å². The van der Waals surface area contributed by atoms with Crippen molar-refractivity contribution in [3.05, 3.63) is 82.3 Å². The van der Waals surface area contributed by atoms with E-state index in [2.05, 4.69) is 26.5 Å². The van der Waals surface area contributed by atoms with Gasteiger partial charge in [0.1, 0.15) is 11.6 Å². The summed E-state index contributed by atoms with van der Waals surface area (Å²) >= 11 is 5.84. The first-order valence-electron chi connectivity index (χ1n) is 12.9. The van der Waals surface area contributed by atoms with Crippen molar-refractivity contribution in [3.8, 4) is 12.3 Å². The first-order chi connectivity index (χ1) is 19.8. The molecule has 2 aromatic carbocycles. The van der Waals surface area contributed by atoms with Crippen LogP contribution in [0.1, 0.15) is 46.0 Å². The fourth-order valence-corrected chi connectivity index (χ4v) is 4.29. The van der Waals surface area contributed by atoms with Gasteiger partial charge in [-0.05, 0) is 62.2 Å². The number of likely N-dealkylation sites (tertiary alicyclic amines) is 1. The number of anilines is 2. The van der Waals surface area contributed by atoms with Crippen LogP contribution in [0.25, 0.3) is 0 Å². The Morgan fingerprint density at radius 2 is 1.88 bits per heavy atom. The standard InChI is InChI=1S/C30H27ClFN5O4/c1-3-19-5-9-26(24(15-19)29(39)36-27-10-6-21(31)17-33-27)35-28(38)23-8-7-22(16-25(23)32)34-18-37-13-11-20(12-14-37)30(40)41-4-2/h1,5-10,15-18,20H,4,11-14H2,2H3,(H,35,38)(H,33,36,39). The molecule has 0 aliphatic carbocycles. The number of ether oxygens (including phenoxy) is 1. The van der Waals surface area contributed by atoms with E-state index in [0.717, 1.165) is 6.07 Å². The number of rotatable bonds is 8. The average molecular weight is 576 g/mol. The van der Waals surface area contributed by atoms with Crippen molar-refractivity contribution in [2.75, 3.05) is 30.3 Å². The minimum atomic E-state index is -0.783. The van der Waals surface area contributed by atoms with Gasteiger partial charge in [0.15, 0.2) is 0 Å². The third-order valence-corrected chi connectivity index (χ3v) is 6.59. The molecule has 0 unspecified atom stereocenters. The average Bonchev–Trinajstić information content (AvgIpc) is 2.97. The van der Waals surface area contributed by atoms with Crippen molar-refractivity contribution in [2.45, 2.75) is 19.8 Å². The SMILES string of the molecule is C#Cc1ccc(NC(=O)c2ccc(N=CN3CCC(C(=O)OCC)CC3)cc2F)c(C(=O)Nc2ccc(Cl)cn2)c1. The Morgan fingerprint density at radius 3 is 2.54 bits per heavy atom. The Balaban J connectivity index is 1.43. The number of carbonyl (C=O) groups excluding carboxylic acids is 3. The van der Waals surface area contributed by atoms with E-state index in [9.17, 15) is 18.8 Å². The molecule has 9 nitrogen and oxygen atoms in total. The molecule has 3 aromatic rings. The molecular weight excluding hydrogens is 549 g/mol. The molecular formula is C30H27ClFN5O4. The summed E-state index contributed by atoms with van der Waals surface area (Å²) in [6.45, 7) is 3.39. The lowest BCUT2D eigenvalue weighted by atomic mass is 9.97. The van der Waals surface area contributed by atoms with Crippen molar-refractivity contribution in [1.82, 2.24) is 9.88 Å². The summed E-state index contributed by atoms with van der Waals surface area (Å²) in [7, 11) is 0. The number of aromatic nitrogens is 1. The van der Waals surface area contributed by atoms with Crippen LogP contribution >= 0.6 is 11.6 Å². The number of pyridine rings is 1. The molecule has 0 saturated carbocycles. The van der Waals surface area contributed by atoms with Gasteiger partial charge in [0, 0.05) is 30.9 Å². The molecule has 210 valence electrons. The predicted molar refractivity (Wildman–Crippen MR) is 155 cm³/mol. The maximum Gasteiger partial charge on any atom is 0.309 e. The van der Waals surface area contributed by atoms with E-state index in [1.165, 1.54) is 36.5 Å². The number of carbonyl (C=O) groups is 3. The molecule has 4 rings (SSSR count). The number of halogens is 2. The van der Waals surface area contributed by atoms with E-state index in [1.807, 2.05) is 4.90 Å². The molecule has 0 bridgehead atoms. The van der Waals surface area contributed by atoms with Gasteiger partial charge in [-0.15, -0.1) is 6.42 Å². The zero-order chi connectivity index (χ0) is 29.4. The molecule has 11 heteroatoms. The van der Waals surface area contributed by atoms with E-state index >= 15 is 0 Å². The number of nitrogens with zero attached hydrogens (tertiary/aromatic N) is 3. The lowest BCUT2D eigenvalue weighted by Crippen LogP contribution is -2.36. The summed E-state index contributed by atoms with van der Waals surface area (Å²) in [5.74, 6) is 0.260. The molecule has 2 heterocycles. The van der Waals surface area contributed by atoms with E-state index in [4.69, 9.17) is 22.8 Å². The summed E-state index contributed by atoms with van der Waals surface area (Å²) in [6.07, 6.45) is 9.76. The highest BCUT2D eigenvalue weighted by Gasteiger charge is 2.25. The zero-order valence-corrected chi connectivity index (χ0v) is 23.0. The molecule has 0 radical (unpaired) electrons. The molecule has 1 aliphatic rings. The van der Waals surface area contributed by atoms with Crippen LogP contribution in [-0.4, -0.2) is 53.7 Å². The monoisotopic (exact) mass is 575 g/mol. The van der Waals surface area contributed by atoms with Crippen LogP contribution in [0.4, 0.5) is 21.6 Å². The quantitative estimate of drug-likeness (QED) is 0.163. The van der Waals surface area contributed by atoms with Crippen LogP contribution in [0.3, 0.4) is 0 Å². The van der Waals surface area contributed by atoms with Crippen LogP contribution in [0.5, 0.6) is 0 Å². The Hall–Kier alpha value is -4.75. The van der Waals surface area contributed by atoms with Crippen molar-refractivity contribution in [3.63, 3.8) is 0 Å². The first-order valence-corrected chi connectivity index (χ1v) is 13.2. The highest BCUT2D eigenvalue weighted by molar-refractivity contribution is 6.30. The lowest BCUT2D eigenvalue weighted by Gasteiger charge is -2.29. The normalized spacial score (nSPS) is 13.5. The van der Waals surface area contributed by atoms with Gasteiger partial charge in [-0.3, -0.25) is 14.4 Å². The minimum absolute atomic E-state index is 0.0684. The number of nitrogens with one attached hydrogen (secondary N) is 2. The number of aliphatic imine (C=N–C) groups is 1. The van der Waals surface area contributed by atoms with Gasteiger partial charge in [-0.2, -0.15) is 0 Å². The predicted octanol–water partition coefficient (Wildman–Crippen LogP) is 5.29. The Bertz CT molecular complexity index is 1510. The Morgan fingerprint density at radius 1 is 1.12 bits per heavy atom. The van der Waals surface area contributed by atoms with Crippen molar-refractivity contribution >= 4 is 52.9 Å². The van der Waals surface area contributed by atoms with Gasteiger partial charge in [0.25, 0.3) is 11.8 Å². The highest BCUT2D eigenvalue weighted by Crippen LogP contribution is 2.23. The van der Waals surface area contributed by atoms with Gasteiger partial charge < -0.3 is 20.3 Å². The zero-order valence-electron chi connectivity index (χ0n) is 22.2. The molecule has 1 fully saturated rings. The summed E-state index contributed by atoms with van der Waals surface area (Å²) in [5, 5.41) is 5.61. The van der Waals surface area contributed by atoms with Crippen molar-refractivity contribution < 1.29 is 23.5 Å². The van der Waals surface area contributed by atoms with Crippen LogP contribution in [0.15, 0.2) is 59.7 Å². The van der Waals surface area contributed by atoms with Crippen LogP contribution in [0, 0.1) is 24.1 Å². The molecule has 1 aliphatic heterocycles. The van der Waals surface area contributed by atoms with Gasteiger partial charge in [0.05, 0.1) is 46.4 Å². The Kier molecular flexibility index (Phi) is 9.66. The topological polar surface area (TPSA) is 113 Å². The lowest BCUT2D eigenvalue weighted by molar-refractivity contribution is -0.149. The summed E-state index contributed by atoms with van der Waals surface area (Å²) in [6, 6.07) is 11.5. The molecule has 2 N–H and O–H groups in total. The number of amides is 2. The number of hydrogen-bond acceptors (Lipinski definition) is 6. The van der Waals surface area contributed by atoms with Crippen LogP contribution < -0.4 is 10.6 Å². The Labute approximate surface area is 241 Å². The molecule has 1 saturated heterocycles. The second-order valence-electron chi connectivity index (χ2n) is 9.15. The number of esters is 1. The largest absolute Gasteiger partial charge is 0.466 e. The van der Waals surface area contributed by atoms with Gasteiger partial charge in [-0.25, -0.2) is 14.4 Å². The number of piperidine rings is 1. The maximum atomic E-state index is 15.0. The third kappa shape index (κ3) is 7.68. The third-order valence-electron chi connectivity index (χ3n) is 6.36. The molecule has 0 atom stereocenters. The smallest absolute Gasteiger partial charge is 0.309 e. The first kappa shape index (κ1) is 29.2. The minimum Gasteiger partial charge on any atom is -0.466 e. The van der Waals surface area contributed by atoms with Crippen LogP contribution in [0.2, 0.25) is 5.02 Å². The highest BCUT2D eigenvalue weighted by atomic mass is 35.5. The number of hydrogen-bond donors (Lipinski definition) is 2. The summed E-state index contributed by atoms with van der Waals surface area (Å²) in [5.41, 5.74) is 0.703. The fourth-order valence-electron chi connectivity index (χ4n) is 4.18. The number of benzene rings is 2. The van der Waals surface area contributed by atoms with Gasteiger partial charge in [-0.1, -0.05) is 17.5 Å². The molecule has 41 heavy (non-hydrogen) atoms. The molecule has 0 spiro atoms. The number of terminal acetylenes is 1. The van der Waals surface area contributed by atoms with Crippen LogP contribution in [-0.2, 0) is 9.53 Å². The molecule has 1 aromatic heterocycles. The van der Waals surface area contributed by atoms with E-state index < -0.39 is 17.6 Å².